The largest absolute Gasteiger partial charge is 2.00 e. The number of nitrogens with zero attached hydrogens (tertiary/aromatic N) is 2. The molecular formula is C39H72B2F8N2P2Pd. The summed E-state index contributed by atoms with van der Waals surface area (Å²) in [5, 5.41) is 14.6. The molecule has 0 spiro atoms. The third-order valence-electron chi connectivity index (χ3n) is 11.2. The van der Waals surface area contributed by atoms with Gasteiger partial charge in [-0.1, -0.05) is 128 Å². The van der Waals surface area contributed by atoms with E-state index in [4.69, 9.17) is 10.5 Å². The van der Waals surface area contributed by atoms with E-state index < -0.39 is 14.5 Å². The van der Waals surface area contributed by atoms with Gasteiger partial charge in [-0.3, -0.25) is 0 Å². The van der Waals surface area contributed by atoms with Crippen molar-refractivity contribution in [3.05, 3.63) is 0 Å². The first-order valence-corrected chi connectivity index (χ1v) is 24.8. The van der Waals surface area contributed by atoms with Crippen LogP contribution in [0.25, 0.3) is 0 Å². The van der Waals surface area contributed by atoms with Crippen LogP contribution in [0.4, 0.5) is 34.5 Å². The Hall–Kier alpha value is 0.0722. The molecule has 4 fully saturated rings. The second-order valence-electron chi connectivity index (χ2n) is 15.6. The summed E-state index contributed by atoms with van der Waals surface area (Å²) in [6.45, 7) is 2.86. The molecule has 4 aliphatic rings. The zero-order valence-electron chi connectivity index (χ0n) is 33.5. The number of halogens is 8. The standard InChI is InChI=1S/C35H66P2.2C2H3N.2BF4.Pd/c1-2-15-32(14-1)22-9-26-36(27-10-23-33-16-3-4-17-33)30-13-31-37(28-11-24-34-18-5-6-19-34)29-12-25-35-20-7-8-21-35;2*1-2-3;2*2-1(3,4)5;/h32-35H,1-31H2;2*1H3;;;/q;;;2*-1;+2. The minimum absolute atomic E-state index is 0. The second-order valence-corrected chi connectivity index (χ2v) is 21.0. The van der Waals surface area contributed by atoms with E-state index in [1.807, 2.05) is 0 Å². The van der Waals surface area contributed by atoms with Crippen molar-refractivity contribution in [1.29, 1.82) is 10.5 Å². The molecule has 0 aromatic carbocycles. The molecule has 54 heavy (non-hydrogen) atoms. The molecule has 0 atom stereocenters. The van der Waals surface area contributed by atoms with Crippen molar-refractivity contribution < 1.29 is 54.9 Å². The number of hydrogen-bond donors (Lipinski definition) is 0. The Balaban J connectivity index is 0. The third-order valence-corrected chi connectivity index (χ3v) is 16.9. The Kier molecular flexibility index (Phi) is 37.6. The van der Waals surface area contributed by atoms with Crippen LogP contribution in [0.15, 0.2) is 0 Å². The van der Waals surface area contributed by atoms with Gasteiger partial charge in [-0.05, 0) is 92.7 Å². The first-order chi connectivity index (χ1) is 25.2. The van der Waals surface area contributed by atoms with Gasteiger partial charge in [0.15, 0.2) is 0 Å². The Morgan fingerprint density at radius 3 is 0.722 bits per heavy atom. The van der Waals surface area contributed by atoms with E-state index in [2.05, 4.69) is 0 Å². The topological polar surface area (TPSA) is 47.6 Å². The van der Waals surface area contributed by atoms with Crippen molar-refractivity contribution >= 4 is 30.4 Å². The molecule has 0 radical (unpaired) electrons. The summed E-state index contributed by atoms with van der Waals surface area (Å²) >= 11 is 0. The van der Waals surface area contributed by atoms with Gasteiger partial charge in [-0.15, -0.1) is 15.8 Å². The summed E-state index contributed by atoms with van der Waals surface area (Å²) in [5.41, 5.74) is 0. The Labute approximate surface area is 341 Å². The normalized spacial score (nSPS) is 18.0. The summed E-state index contributed by atoms with van der Waals surface area (Å²) < 4.78 is 78.0. The van der Waals surface area contributed by atoms with E-state index in [0.717, 1.165) is 23.7 Å². The Morgan fingerprint density at radius 2 is 0.556 bits per heavy atom. The molecule has 15 heteroatoms. The minimum atomic E-state index is -6.00. The van der Waals surface area contributed by atoms with Crippen molar-refractivity contribution in [3.63, 3.8) is 0 Å². The maximum Gasteiger partial charge on any atom is 2.00 e. The number of nitriles is 2. The first-order valence-electron chi connectivity index (χ1n) is 21.0. The fourth-order valence-electron chi connectivity index (χ4n) is 8.80. The molecule has 0 amide bonds. The van der Waals surface area contributed by atoms with E-state index in [9.17, 15) is 34.5 Å². The molecule has 0 saturated heterocycles. The van der Waals surface area contributed by atoms with Gasteiger partial charge in [0.2, 0.25) is 0 Å². The molecule has 4 saturated carbocycles. The van der Waals surface area contributed by atoms with Crippen LogP contribution in [0.5, 0.6) is 0 Å². The molecule has 4 aliphatic carbocycles. The molecule has 2 nitrogen and oxygen atoms in total. The summed E-state index contributed by atoms with van der Waals surface area (Å²) in [6, 6.07) is 3.50. The van der Waals surface area contributed by atoms with E-state index in [1.54, 1.807) is 158 Å². The maximum atomic E-state index is 9.75. The molecule has 0 unspecified atom stereocenters. The van der Waals surface area contributed by atoms with E-state index in [-0.39, 0.29) is 20.4 Å². The molecule has 0 aromatic rings. The van der Waals surface area contributed by atoms with Gasteiger partial charge in [0.1, 0.15) is 0 Å². The molecule has 320 valence electrons. The van der Waals surface area contributed by atoms with E-state index in [0.29, 0.717) is 15.8 Å². The van der Waals surface area contributed by atoms with Crippen molar-refractivity contribution in [2.45, 2.75) is 174 Å². The molecule has 0 heterocycles. The molecule has 0 N–H and O–H groups in total. The van der Waals surface area contributed by atoms with Gasteiger partial charge in [-0.2, -0.15) is 10.5 Å². The van der Waals surface area contributed by atoms with Gasteiger partial charge in [0.05, 0.1) is 12.1 Å². The average Bonchev–Trinajstić information content (AvgIpc) is 3.89. The Morgan fingerprint density at radius 1 is 0.407 bits per heavy atom. The maximum absolute atomic E-state index is 9.75. The third kappa shape index (κ3) is 40.3. The van der Waals surface area contributed by atoms with Crippen LogP contribution >= 0.6 is 15.8 Å². The summed E-state index contributed by atoms with van der Waals surface area (Å²) in [6.07, 6.45) is 48.9. The SMILES string of the molecule is C1CCC(CCCP(CCCC2CCCC2)CCCP(CCCC2CCCC2)CCCC2CCCC2)C1.CC#N.CC#N.F[B-](F)(F)F.F[B-](F)(F)F.[Pd+2]. The Bertz CT molecular complexity index is 788. The van der Waals surface area contributed by atoms with Crippen molar-refractivity contribution in [1.82, 2.24) is 0 Å². The zero-order valence-corrected chi connectivity index (χ0v) is 36.9. The molecule has 0 aromatic heterocycles. The van der Waals surface area contributed by atoms with Crippen LogP contribution < -0.4 is 0 Å². The zero-order chi connectivity index (χ0) is 39.8. The predicted molar refractivity (Wildman–Crippen MR) is 215 cm³/mol. The summed E-state index contributed by atoms with van der Waals surface area (Å²) in [5.74, 6) is 4.46. The van der Waals surface area contributed by atoms with Gasteiger partial charge in [0, 0.05) is 13.8 Å². The van der Waals surface area contributed by atoms with Gasteiger partial charge >= 0.3 is 34.9 Å². The number of hydrogen-bond acceptors (Lipinski definition) is 2. The number of rotatable bonds is 20. The predicted octanol–water partition coefficient (Wildman–Crippen LogP) is 15.9. The van der Waals surface area contributed by atoms with Crippen LogP contribution in [0.1, 0.15) is 174 Å². The van der Waals surface area contributed by atoms with Gasteiger partial charge < -0.3 is 34.5 Å². The van der Waals surface area contributed by atoms with Crippen LogP contribution in [-0.2, 0) is 20.4 Å². The van der Waals surface area contributed by atoms with Crippen molar-refractivity contribution in [3.8, 4) is 12.1 Å². The van der Waals surface area contributed by atoms with E-state index >= 15 is 0 Å². The minimum Gasteiger partial charge on any atom is -0.418 e. The molecular weight excluding hydrogens is 838 g/mol. The van der Waals surface area contributed by atoms with Crippen molar-refractivity contribution in [2.75, 3.05) is 37.0 Å². The van der Waals surface area contributed by atoms with Crippen LogP contribution in [-0.4, -0.2) is 51.5 Å². The summed E-state index contributed by atoms with van der Waals surface area (Å²) in [7, 11) is -11.3. The summed E-state index contributed by atoms with van der Waals surface area (Å²) in [4.78, 5) is 0. The van der Waals surface area contributed by atoms with Crippen LogP contribution in [0, 0.1) is 46.3 Å². The monoisotopic (exact) mass is 910 g/mol. The van der Waals surface area contributed by atoms with Gasteiger partial charge in [0.25, 0.3) is 0 Å². The fourth-order valence-corrected chi connectivity index (χ4v) is 14.1. The van der Waals surface area contributed by atoms with Crippen molar-refractivity contribution in [2.24, 2.45) is 23.7 Å². The quantitative estimate of drug-likeness (QED) is 0.0694. The second kappa shape index (κ2) is 36.2. The molecule has 0 bridgehead atoms. The van der Waals surface area contributed by atoms with E-state index in [1.165, 1.54) is 65.2 Å². The fraction of sp³-hybridized carbons (Fsp3) is 0.949. The average molecular weight is 911 g/mol. The van der Waals surface area contributed by atoms with Crippen LogP contribution in [0.3, 0.4) is 0 Å². The molecule has 4 rings (SSSR count). The molecule has 0 aliphatic heterocycles. The van der Waals surface area contributed by atoms with Gasteiger partial charge in [-0.25, -0.2) is 0 Å². The first kappa shape index (κ1) is 56.2. The van der Waals surface area contributed by atoms with Crippen LogP contribution in [0.2, 0.25) is 0 Å². The smallest absolute Gasteiger partial charge is 0.418 e.